The Morgan fingerprint density at radius 2 is 2.10 bits per heavy atom. The second-order valence-corrected chi connectivity index (χ2v) is 5.92. The van der Waals surface area contributed by atoms with Crippen molar-refractivity contribution in [3.63, 3.8) is 0 Å². The SMILES string of the molecule is CC(=O)c1cc(Br)ccc1Sc1nc(=O)c(=O)[nH]n1C. The minimum atomic E-state index is -0.855. The fraction of sp³-hybridized carbons (Fsp3) is 0.167. The second-order valence-electron chi connectivity index (χ2n) is 4.00. The van der Waals surface area contributed by atoms with Crippen LogP contribution in [0.4, 0.5) is 0 Å². The van der Waals surface area contributed by atoms with Gasteiger partial charge < -0.3 is 0 Å². The van der Waals surface area contributed by atoms with E-state index in [1.54, 1.807) is 25.2 Å². The van der Waals surface area contributed by atoms with Gasteiger partial charge in [0.1, 0.15) is 0 Å². The van der Waals surface area contributed by atoms with Gasteiger partial charge in [0.15, 0.2) is 10.9 Å². The second kappa shape index (κ2) is 5.76. The molecule has 2 aromatic rings. The lowest BCUT2D eigenvalue weighted by Gasteiger charge is -2.09. The topological polar surface area (TPSA) is 84.8 Å². The van der Waals surface area contributed by atoms with Gasteiger partial charge in [0.05, 0.1) is 0 Å². The van der Waals surface area contributed by atoms with Crippen molar-refractivity contribution in [3.05, 3.63) is 48.9 Å². The van der Waals surface area contributed by atoms with Crippen LogP contribution in [-0.2, 0) is 7.05 Å². The zero-order chi connectivity index (χ0) is 14.9. The number of ketones is 1. The molecule has 20 heavy (non-hydrogen) atoms. The molecule has 0 saturated carbocycles. The molecule has 0 unspecified atom stereocenters. The normalized spacial score (nSPS) is 10.6. The Balaban J connectivity index is 2.50. The number of carbonyl (C=O) groups is 1. The standard InChI is InChI=1S/C12H10BrN3O3S/c1-6(17)8-5-7(13)3-4-9(8)20-12-14-10(18)11(19)15-16(12)2/h3-5H,1-2H3,(H,15,19). The number of benzene rings is 1. The first-order valence-electron chi connectivity index (χ1n) is 5.54. The third kappa shape index (κ3) is 3.07. The molecule has 8 heteroatoms. The van der Waals surface area contributed by atoms with Crippen LogP contribution in [0.3, 0.4) is 0 Å². The van der Waals surface area contributed by atoms with Crippen LogP contribution in [0.5, 0.6) is 0 Å². The highest BCUT2D eigenvalue weighted by Crippen LogP contribution is 2.30. The molecule has 1 aromatic carbocycles. The first-order valence-corrected chi connectivity index (χ1v) is 7.15. The highest BCUT2D eigenvalue weighted by atomic mass is 79.9. The van der Waals surface area contributed by atoms with Crippen molar-refractivity contribution in [2.45, 2.75) is 17.0 Å². The van der Waals surface area contributed by atoms with Crippen molar-refractivity contribution in [2.24, 2.45) is 7.05 Å². The maximum Gasteiger partial charge on any atom is 0.339 e. The molecule has 1 heterocycles. The Labute approximate surface area is 126 Å². The molecule has 1 aromatic heterocycles. The molecule has 1 N–H and O–H groups in total. The molecular formula is C12H10BrN3O3S. The van der Waals surface area contributed by atoms with Gasteiger partial charge >= 0.3 is 11.1 Å². The van der Waals surface area contributed by atoms with E-state index in [-0.39, 0.29) is 5.78 Å². The third-order valence-electron chi connectivity index (χ3n) is 2.47. The number of halogens is 1. The van der Waals surface area contributed by atoms with Crippen molar-refractivity contribution < 1.29 is 4.79 Å². The van der Waals surface area contributed by atoms with E-state index >= 15 is 0 Å². The highest BCUT2D eigenvalue weighted by molar-refractivity contribution is 9.10. The Hall–Kier alpha value is -1.67. The zero-order valence-electron chi connectivity index (χ0n) is 10.6. The van der Waals surface area contributed by atoms with Gasteiger partial charge in [0.2, 0.25) is 0 Å². The van der Waals surface area contributed by atoms with E-state index in [2.05, 4.69) is 26.0 Å². The van der Waals surface area contributed by atoms with E-state index < -0.39 is 11.1 Å². The average Bonchev–Trinajstić information content (AvgIpc) is 2.37. The van der Waals surface area contributed by atoms with Crippen LogP contribution in [0.2, 0.25) is 0 Å². The van der Waals surface area contributed by atoms with Crippen molar-refractivity contribution in [3.8, 4) is 0 Å². The van der Waals surface area contributed by atoms with Crippen LogP contribution in [0, 0.1) is 0 Å². The van der Waals surface area contributed by atoms with E-state index in [1.807, 2.05) is 0 Å². The van der Waals surface area contributed by atoms with E-state index in [1.165, 1.54) is 11.6 Å². The Bertz CT molecular complexity index is 797. The van der Waals surface area contributed by atoms with Gasteiger partial charge in [0.25, 0.3) is 0 Å². The molecule has 6 nitrogen and oxygen atoms in total. The maximum absolute atomic E-state index is 11.6. The summed E-state index contributed by atoms with van der Waals surface area (Å²) in [6.45, 7) is 1.46. The van der Waals surface area contributed by atoms with Crippen molar-refractivity contribution in [1.29, 1.82) is 0 Å². The molecule has 0 aliphatic rings. The van der Waals surface area contributed by atoms with E-state index in [0.717, 1.165) is 16.2 Å². The molecule has 0 spiro atoms. The Morgan fingerprint density at radius 1 is 1.40 bits per heavy atom. The van der Waals surface area contributed by atoms with Gasteiger partial charge in [-0.3, -0.25) is 24.2 Å². The molecule has 0 fully saturated rings. The lowest BCUT2D eigenvalue weighted by Crippen LogP contribution is -2.33. The number of aromatic amines is 1. The summed E-state index contributed by atoms with van der Waals surface area (Å²) >= 11 is 4.45. The molecule has 0 atom stereocenters. The number of H-pyrrole nitrogens is 1. The largest absolute Gasteiger partial charge is 0.339 e. The summed E-state index contributed by atoms with van der Waals surface area (Å²) < 4.78 is 2.13. The molecule has 104 valence electrons. The summed E-state index contributed by atoms with van der Waals surface area (Å²) in [4.78, 5) is 38.4. The predicted molar refractivity (Wildman–Crippen MR) is 78.4 cm³/mol. The van der Waals surface area contributed by atoms with Gasteiger partial charge in [-0.15, -0.1) is 0 Å². The van der Waals surface area contributed by atoms with Crippen LogP contribution in [0.25, 0.3) is 0 Å². The summed E-state index contributed by atoms with van der Waals surface area (Å²) in [6.07, 6.45) is 0. The fourth-order valence-corrected chi connectivity index (χ4v) is 2.83. The maximum atomic E-state index is 11.6. The molecule has 0 bridgehead atoms. The number of hydrogen-bond acceptors (Lipinski definition) is 5. The summed E-state index contributed by atoms with van der Waals surface area (Å²) in [5, 5.41) is 2.66. The van der Waals surface area contributed by atoms with Gasteiger partial charge in [-0.2, -0.15) is 4.98 Å². The molecule has 2 rings (SSSR count). The first-order chi connectivity index (χ1) is 9.38. The molecule has 0 amide bonds. The van der Waals surface area contributed by atoms with E-state index in [4.69, 9.17) is 0 Å². The van der Waals surface area contributed by atoms with Gasteiger partial charge in [0, 0.05) is 22.0 Å². The summed E-state index contributed by atoms with van der Waals surface area (Å²) in [6, 6.07) is 5.25. The molecule has 0 saturated heterocycles. The molecule has 0 aliphatic heterocycles. The molecular weight excluding hydrogens is 346 g/mol. The zero-order valence-corrected chi connectivity index (χ0v) is 13.0. The number of aryl methyl sites for hydroxylation is 1. The van der Waals surface area contributed by atoms with Crippen molar-refractivity contribution in [2.75, 3.05) is 0 Å². The number of aromatic nitrogens is 3. The number of nitrogens with zero attached hydrogens (tertiary/aromatic N) is 2. The highest BCUT2D eigenvalue weighted by Gasteiger charge is 2.12. The van der Waals surface area contributed by atoms with Gasteiger partial charge in [-0.25, -0.2) is 0 Å². The minimum Gasteiger partial charge on any atom is -0.294 e. The summed E-state index contributed by atoms with van der Waals surface area (Å²) in [7, 11) is 1.57. The van der Waals surface area contributed by atoms with Crippen molar-refractivity contribution >= 4 is 33.5 Å². The third-order valence-corrected chi connectivity index (χ3v) is 4.09. The fourth-order valence-electron chi connectivity index (χ4n) is 1.52. The summed E-state index contributed by atoms with van der Waals surface area (Å²) in [5.41, 5.74) is -1.11. The summed E-state index contributed by atoms with van der Waals surface area (Å²) in [5.74, 6) is -0.0942. The Kier molecular flexibility index (Phi) is 4.24. The first kappa shape index (κ1) is 14.7. The minimum absolute atomic E-state index is 0.0942. The lowest BCUT2D eigenvalue weighted by molar-refractivity contribution is 0.101. The monoisotopic (exact) mass is 355 g/mol. The van der Waals surface area contributed by atoms with Crippen LogP contribution >= 0.6 is 27.7 Å². The smallest absolute Gasteiger partial charge is 0.294 e. The average molecular weight is 356 g/mol. The van der Waals surface area contributed by atoms with E-state index in [0.29, 0.717) is 15.6 Å². The number of Topliss-reactive ketones (excluding diaryl/α,β-unsaturated/α-hetero) is 1. The number of rotatable bonds is 3. The quantitative estimate of drug-likeness (QED) is 0.667. The molecule has 0 aliphatic carbocycles. The van der Waals surface area contributed by atoms with Crippen LogP contribution in [0.1, 0.15) is 17.3 Å². The number of carbonyl (C=O) groups excluding carboxylic acids is 1. The van der Waals surface area contributed by atoms with Crippen LogP contribution in [0.15, 0.2) is 42.3 Å². The lowest BCUT2D eigenvalue weighted by atomic mass is 10.1. The van der Waals surface area contributed by atoms with Crippen LogP contribution in [-0.4, -0.2) is 20.5 Å². The molecule has 0 radical (unpaired) electrons. The predicted octanol–water partition coefficient (Wildman–Crippen LogP) is 1.58. The Morgan fingerprint density at radius 3 is 2.75 bits per heavy atom. The van der Waals surface area contributed by atoms with Gasteiger partial charge in [-0.05, 0) is 36.9 Å². The van der Waals surface area contributed by atoms with Gasteiger partial charge in [-0.1, -0.05) is 15.9 Å². The number of nitrogens with one attached hydrogen (secondary N) is 1. The number of hydrogen-bond donors (Lipinski definition) is 1. The van der Waals surface area contributed by atoms with E-state index in [9.17, 15) is 14.4 Å². The van der Waals surface area contributed by atoms with Crippen molar-refractivity contribution in [1.82, 2.24) is 14.8 Å². The van der Waals surface area contributed by atoms with Crippen LogP contribution < -0.4 is 11.1 Å².